The molecule has 0 aliphatic carbocycles. The normalized spacial score (nSPS) is 31.1. The first-order valence-corrected chi connectivity index (χ1v) is 3.62. The van der Waals surface area contributed by atoms with E-state index in [1.165, 1.54) is 6.92 Å². The molecule has 1 saturated heterocycles. The van der Waals surface area contributed by atoms with E-state index >= 15 is 0 Å². The maximum atomic E-state index is 11.1. The Balaban J connectivity index is 2.75. The van der Waals surface area contributed by atoms with Crippen molar-refractivity contribution in [2.24, 2.45) is 5.92 Å². The van der Waals surface area contributed by atoms with E-state index in [1.807, 2.05) is 0 Å². The molecule has 3 nitrogen and oxygen atoms in total. The quantitative estimate of drug-likeness (QED) is 0.490. The summed E-state index contributed by atoms with van der Waals surface area (Å²) in [6.07, 6.45) is 0.560. The third-order valence-electron chi connectivity index (χ3n) is 2.06. The third kappa shape index (κ3) is 1.30. The maximum Gasteiger partial charge on any atom is 0.231 e. The Morgan fingerprint density at radius 1 is 1.73 bits per heavy atom. The van der Waals surface area contributed by atoms with Crippen LogP contribution in [-0.2, 0) is 9.59 Å². The van der Waals surface area contributed by atoms with Crippen molar-refractivity contribution in [3.05, 3.63) is 0 Å². The molecule has 4 heteroatoms. The fourth-order valence-corrected chi connectivity index (χ4v) is 1.32. The molecule has 1 amide bonds. The number of carbonyl (C=O) groups is 2. The van der Waals surface area contributed by atoms with Crippen LogP contribution in [0, 0.1) is 5.92 Å². The first-order valence-electron chi connectivity index (χ1n) is 3.62. The van der Waals surface area contributed by atoms with Gasteiger partial charge in [-0.1, -0.05) is 6.92 Å². The molecular weight excluding hydrogens is 141 g/mol. The van der Waals surface area contributed by atoms with Crippen molar-refractivity contribution < 1.29 is 9.59 Å². The van der Waals surface area contributed by atoms with Gasteiger partial charge in [0, 0.05) is 5.92 Å². The van der Waals surface area contributed by atoms with E-state index in [1.54, 1.807) is 6.92 Å². The first kappa shape index (κ1) is 8.30. The van der Waals surface area contributed by atoms with Crippen LogP contribution in [0.1, 0.15) is 20.3 Å². The third-order valence-corrected chi connectivity index (χ3v) is 2.06. The summed E-state index contributed by atoms with van der Waals surface area (Å²) in [5.41, 5.74) is 0. The summed E-state index contributed by atoms with van der Waals surface area (Å²) in [7, 11) is 5.38. The summed E-state index contributed by atoms with van der Waals surface area (Å²) in [5, 5.41) is 0. The fourth-order valence-electron chi connectivity index (χ4n) is 1.32. The van der Waals surface area contributed by atoms with Crippen LogP contribution in [0.4, 0.5) is 0 Å². The summed E-state index contributed by atoms with van der Waals surface area (Å²) < 4.78 is 0. The van der Waals surface area contributed by atoms with Gasteiger partial charge in [-0.15, -0.1) is 0 Å². The molecular formula is C7H10BNO2. The zero-order valence-corrected chi connectivity index (χ0v) is 6.70. The molecule has 0 aromatic heterocycles. The zero-order valence-electron chi connectivity index (χ0n) is 6.70. The molecule has 1 heterocycles. The van der Waals surface area contributed by atoms with Crippen molar-refractivity contribution in [2.45, 2.75) is 26.3 Å². The van der Waals surface area contributed by atoms with Crippen molar-refractivity contribution >= 4 is 19.7 Å². The molecule has 0 aromatic rings. The molecule has 0 bridgehead atoms. The van der Waals surface area contributed by atoms with Gasteiger partial charge in [0.15, 0.2) is 5.78 Å². The number of ketones is 1. The predicted molar refractivity (Wildman–Crippen MR) is 40.9 cm³/mol. The smallest absolute Gasteiger partial charge is 0.231 e. The molecule has 2 unspecified atom stereocenters. The molecule has 1 aliphatic rings. The van der Waals surface area contributed by atoms with Crippen LogP contribution in [0.3, 0.4) is 0 Å². The van der Waals surface area contributed by atoms with Gasteiger partial charge in [-0.3, -0.25) is 9.59 Å². The van der Waals surface area contributed by atoms with Crippen molar-refractivity contribution in [1.29, 1.82) is 0 Å². The van der Waals surface area contributed by atoms with E-state index in [0.717, 1.165) is 4.81 Å². The number of nitrogens with zero attached hydrogens (tertiary/aromatic N) is 1. The number of hydrogen-bond acceptors (Lipinski definition) is 2. The van der Waals surface area contributed by atoms with E-state index in [0.29, 0.717) is 6.42 Å². The molecule has 0 N–H and O–H groups in total. The van der Waals surface area contributed by atoms with Gasteiger partial charge in [-0.2, -0.15) is 0 Å². The van der Waals surface area contributed by atoms with E-state index in [2.05, 4.69) is 0 Å². The van der Waals surface area contributed by atoms with Gasteiger partial charge in [0.1, 0.15) is 0 Å². The maximum absolute atomic E-state index is 11.1. The van der Waals surface area contributed by atoms with Crippen LogP contribution < -0.4 is 0 Å². The Hall–Kier alpha value is -0.795. The Kier molecular flexibility index (Phi) is 2.02. The van der Waals surface area contributed by atoms with Gasteiger partial charge in [-0.05, 0) is 13.3 Å². The minimum absolute atomic E-state index is 0.0369. The van der Waals surface area contributed by atoms with Crippen LogP contribution in [0.15, 0.2) is 0 Å². The second kappa shape index (κ2) is 2.68. The molecule has 58 valence electrons. The molecule has 11 heavy (non-hydrogen) atoms. The number of hydrogen-bond donors (Lipinski definition) is 0. The van der Waals surface area contributed by atoms with Crippen molar-refractivity contribution in [2.75, 3.05) is 0 Å². The molecule has 2 radical (unpaired) electrons. The number of carbonyl (C=O) groups excluding carboxylic acids is 2. The number of amides is 1. The molecule has 1 rings (SSSR count). The zero-order chi connectivity index (χ0) is 8.59. The lowest BCUT2D eigenvalue weighted by atomic mass is 10.1. The largest absolute Gasteiger partial charge is 0.387 e. The Labute approximate surface area is 67.2 Å². The second-order valence-electron chi connectivity index (χ2n) is 3.01. The molecule has 1 fully saturated rings. The Morgan fingerprint density at radius 3 is 2.45 bits per heavy atom. The van der Waals surface area contributed by atoms with Crippen LogP contribution in [-0.4, -0.2) is 30.5 Å². The Bertz CT molecular complexity index is 205. The highest BCUT2D eigenvalue weighted by Gasteiger charge is 2.35. The van der Waals surface area contributed by atoms with Crippen LogP contribution in [0.2, 0.25) is 0 Å². The van der Waals surface area contributed by atoms with E-state index < -0.39 is 6.04 Å². The van der Waals surface area contributed by atoms with Crippen molar-refractivity contribution in [3.8, 4) is 0 Å². The highest BCUT2D eigenvalue weighted by Crippen LogP contribution is 2.22. The summed E-state index contributed by atoms with van der Waals surface area (Å²) >= 11 is 0. The molecule has 1 aliphatic heterocycles. The van der Waals surface area contributed by atoms with E-state index in [-0.39, 0.29) is 17.6 Å². The van der Waals surface area contributed by atoms with Gasteiger partial charge < -0.3 is 4.81 Å². The average Bonchev–Trinajstić information content (AvgIpc) is 2.17. The Morgan fingerprint density at radius 2 is 2.27 bits per heavy atom. The minimum Gasteiger partial charge on any atom is -0.387 e. The number of rotatable bonds is 1. The van der Waals surface area contributed by atoms with Gasteiger partial charge in [0.25, 0.3) is 0 Å². The van der Waals surface area contributed by atoms with Crippen molar-refractivity contribution in [1.82, 2.24) is 4.81 Å². The topological polar surface area (TPSA) is 37.4 Å². The van der Waals surface area contributed by atoms with Gasteiger partial charge >= 0.3 is 0 Å². The molecule has 2 atom stereocenters. The minimum atomic E-state index is -0.391. The standard InChI is InChI=1S/C7H10BNO2/c1-4-3-6(5(2)10)9(8)7(4)11/h4,6H,3H2,1-2H3. The van der Waals surface area contributed by atoms with E-state index in [4.69, 9.17) is 7.98 Å². The van der Waals surface area contributed by atoms with Crippen molar-refractivity contribution in [3.63, 3.8) is 0 Å². The summed E-state index contributed by atoms with van der Waals surface area (Å²) in [6, 6.07) is -0.391. The SMILES string of the molecule is [B]N1C(=O)C(C)CC1C(C)=O. The van der Waals surface area contributed by atoms with Crippen LogP contribution in [0.25, 0.3) is 0 Å². The van der Waals surface area contributed by atoms with Crippen LogP contribution >= 0.6 is 0 Å². The highest BCUT2D eigenvalue weighted by atomic mass is 16.2. The predicted octanol–water partition coefficient (Wildman–Crippen LogP) is -0.104. The average molecular weight is 151 g/mol. The monoisotopic (exact) mass is 151 g/mol. The molecule has 0 aromatic carbocycles. The highest BCUT2D eigenvalue weighted by molar-refractivity contribution is 6.18. The summed E-state index contributed by atoms with van der Waals surface area (Å²) in [4.78, 5) is 23.0. The number of Topliss-reactive ketones (excluding diaryl/α,β-unsaturated/α-hetero) is 1. The lowest BCUT2D eigenvalue weighted by molar-refractivity contribution is -0.130. The molecule has 0 saturated carbocycles. The molecule has 0 spiro atoms. The fraction of sp³-hybridized carbons (Fsp3) is 0.714. The van der Waals surface area contributed by atoms with Gasteiger partial charge in [0.2, 0.25) is 13.9 Å². The first-order chi connectivity index (χ1) is 5.04. The lowest BCUT2D eigenvalue weighted by Gasteiger charge is -2.16. The van der Waals surface area contributed by atoms with Gasteiger partial charge in [0.05, 0.1) is 6.04 Å². The lowest BCUT2D eigenvalue weighted by Crippen LogP contribution is -2.35. The summed E-state index contributed by atoms with van der Waals surface area (Å²) in [5.74, 6) is -0.274. The van der Waals surface area contributed by atoms with Gasteiger partial charge in [-0.25, -0.2) is 0 Å². The summed E-state index contributed by atoms with van der Waals surface area (Å²) in [6.45, 7) is 3.24. The van der Waals surface area contributed by atoms with E-state index in [9.17, 15) is 9.59 Å². The van der Waals surface area contributed by atoms with Crippen LogP contribution in [0.5, 0.6) is 0 Å². The second-order valence-corrected chi connectivity index (χ2v) is 3.01.